The number of rotatable bonds is 4. The van der Waals surface area contributed by atoms with E-state index in [1.807, 2.05) is 0 Å². The molecule has 21 heavy (non-hydrogen) atoms. The van der Waals surface area contributed by atoms with Crippen molar-refractivity contribution in [2.24, 2.45) is 5.92 Å². The normalized spacial score (nSPS) is 21.8. The first-order valence-corrected chi connectivity index (χ1v) is 6.86. The van der Waals surface area contributed by atoms with E-state index in [1.165, 1.54) is 0 Å². The summed E-state index contributed by atoms with van der Waals surface area (Å²) in [5, 5.41) is 22.9. The van der Waals surface area contributed by atoms with Crippen molar-refractivity contribution in [1.82, 2.24) is 0 Å². The Hall–Kier alpha value is -2.18. The summed E-state index contributed by atoms with van der Waals surface area (Å²) in [7, 11) is 0. The third-order valence-corrected chi connectivity index (χ3v) is 3.89. The molecular formula is C14H17FN2O4. The summed E-state index contributed by atoms with van der Waals surface area (Å²) in [6.07, 6.45) is 3.74. The van der Waals surface area contributed by atoms with Crippen LogP contribution in [-0.2, 0) is 0 Å². The molecule has 0 radical (unpaired) electrons. The number of hydrogen-bond acceptors (Lipinski definition) is 4. The molecule has 1 fully saturated rings. The summed E-state index contributed by atoms with van der Waals surface area (Å²) in [6, 6.07) is 1.72. The first-order valence-electron chi connectivity index (χ1n) is 6.86. The van der Waals surface area contributed by atoms with Crippen LogP contribution in [0.5, 0.6) is 0 Å². The lowest BCUT2D eigenvalue weighted by Crippen LogP contribution is -2.25. The van der Waals surface area contributed by atoms with Gasteiger partial charge in [0, 0.05) is 6.04 Å². The zero-order valence-corrected chi connectivity index (χ0v) is 11.6. The number of halogens is 1. The van der Waals surface area contributed by atoms with E-state index in [0.29, 0.717) is 12.0 Å². The van der Waals surface area contributed by atoms with Gasteiger partial charge in [-0.3, -0.25) is 10.1 Å². The van der Waals surface area contributed by atoms with E-state index in [9.17, 15) is 19.3 Å². The predicted octanol–water partition coefficient (Wildman–Crippen LogP) is 3.42. The molecule has 1 aromatic rings. The maximum absolute atomic E-state index is 13.6. The number of anilines is 1. The quantitative estimate of drug-likeness (QED) is 0.656. The van der Waals surface area contributed by atoms with Crippen LogP contribution in [0.4, 0.5) is 15.8 Å². The molecule has 1 aliphatic rings. The van der Waals surface area contributed by atoms with E-state index in [4.69, 9.17) is 5.11 Å². The molecule has 7 heteroatoms. The number of nitrogens with one attached hydrogen (secondary N) is 1. The first kappa shape index (κ1) is 15.2. The van der Waals surface area contributed by atoms with Gasteiger partial charge in [0.2, 0.25) is 0 Å². The molecule has 114 valence electrons. The van der Waals surface area contributed by atoms with Gasteiger partial charge < -0.3 is 10.4 Å². The highest BCUT2D eigenvalue weighted by Crippen LogP contribution is 2.32. The zero-order chi connectivity index (χ0) is 15.6. The van der Waals surface area contributed by atoms with Crippen LogP contribution in [0.3, 0.4) is 0 Å². The molecule has 0 aromatic heterocycles. The predicted molar refractivity (Wildman–Crippen MR) is 75.1 cm³/mol. The fraction of sp³-hybridized carbons (Fsp3) is 0.500. The minimum absolute atomic E-state index is 0.0482. The number of carboxylic acids is 1. The Kier molecular flexibility index (Phi) is 4.40. The van der Waals surface area contributed by atoms with Crippen molar-refractivity contribution in [1.29, 1.82) is 0 Å². The second-order valence-corrected chi connectivity index (χ2v) is 5.51. The first-order chi connectivity index (χ1) is 9.88. The monoisotopic (exact) mass is 296 g/mol. The number of nitro benzene ring substituents is 1. The van der Waals surface area contributed by atoms with Gasteiger partial charge in [0.25, 0.3) is 5.69 Å². The molecule has 0 bridgehead atoms. The standard InChI is InChI=1S/C14H17FN2O4/c1-8-2-4-9(5-3-8)16-12-6-10(14(18)19)11(15)7-13(12)17(20)21/h6-9,16H,2-5H2,1H3,(H,18,19). The van der Waals surface area contributed by atoms with Gasteiger partial charge in [-0.25, -0.2) is 9.18 Å². The molecule has 1 aromatic carbocycles. The molecule has 0 amide bonds. The second kappa shape index (κ2) is 6.07. The Labute approximate surface area is 121 Å². The molecular weight excluding hydrogens is 279 g/mol. The van der Waals surface area contributed by atoms with Crippen LogP contribution >= 0.6 is 0 Å². The van der Waals surface area contributed by atoms with Crippen LogP contribution in [-0.4, -0.2) is 22.0 Å². The van der Waals surface area contributed by atoms with Gasteiger partial charge in [-0.1, -0.05) is 6.92 Å². The van der Waals surface area contributed by atoms with Gasteiger partial charge >= 0.3 is 5.97 Å². The molecule has 0 atom stereocenters. The molecule has 0 aliphatic heterocycles. The van der Waals surface area contributed by atoms with Crippen molar-refractivity contribution in [2.45, 2.75) is 38.6 Å². The van der Waals surface area contributed by atoms with Crippen LogP contribution in [0.1, 0.15) is 43.0 Å². The Morgan fingerprint density at radius 2 is 2.00 bits per heavy atom. The van der Waals surface area contributed by atoms with Crippen LogP contribution in [0.15, 0.2) is 12.1 Å². The van der Waals surface area contributed by atoms with Crippen molar-refractivity contribution >= 4 is 17.3 Å². The highest BCUT2D eigenvalue weighted by molar-refractivity contribution is 5.90. The fourth-order valence-electron chi connectivity index (χ4n) is 2.62. The maximum Gasteiger partial charge on any atom is 0.338 e. The Balaban J connectivity index is 2.29. The summed E-state index contributed by atoms with van der Waals surface area (Å²) in [4.78, 5) is 21.2. The van der Waals surface area contributed by atoms with E-state index in [1.54, 1.807) is 0 Å². The van der Waals surface area contributed by atoms with Gasteiger partial charge in [0.15, 0.2) is 0 Å². The molecule has 6 nitrogen and oxygen atoms in total. The number of benzene rings is 1. The molecule has 0 unspecified atom stereocenters. The van der Waals surface area contributed by atoms with Crippen molar-refractivity contribution in [3.8, 4) is 0 Å². The summed E-state index contributed by atoms with van der Waals surface area (Å²) in [6.45, 7) is 2.15. The third-order valence-electron chi connectivity index (χ3n) is 3.89. The van der Waals surface area contributed by atoms with Crippen LogP contribution in [0, 0.1) is 21.8 Å². The van der Waals surface area contributed by atoms with Gasteiger partial charge in [-0.2, -0.15) is 0 Å². The summed E-state index contributed by atoms with van der Waals surface area (Å²) >= 11 is 0. The maximum atomic E-state index is 13.6. The molecule has 0 heterocycles. The second-order valence-electron chi connectivity index (χ2n) is 5.51. The molecule has 0 spiro atoms. The van der Waals surface area contributed by atoms with Gasteiger partial charge in [0.1, 0.15) is 11.5 Å². The SMILES string of the molecule is CC1CCC(Nc2cc(C(=O)O)c(F)cc2[N+](=O)[O-])CC1. The van der Waals surface area contributed by atoms with E-state index in [0.717, 1.165) is 31.7 Å². The molecule has 1 aliphatic carbocycles. The lowest BCUT2D eigenvalue weighted by Gasteiger charge is -2.27. The smallest absolute Gasteiger partial charge is 0.338 e. The summed E-state index contributed by atoms with van der Waals surface area (Å²) < 4.78 is 13.6. The third kappa shape index (κ3) is 3.48. The lowest BCUT2D eigenvalue weighted by molar-refractivity contribution is -0.384. The van der Waals surface area contributed by atoms with Crippen LogP contribution < -0.4 is 5.32 Å². The van der Waals surface area contributed by atoms with Gasteiger partial charge in [-0.05, 0) is 37.7 Å². The molecule has 2 rings (SSSR count). The Bertz CT molecular complexity index is 568. The minimum Gasteiger partial charge on any atom is -0.478 e. The zero-order valence-electron chi connectivity index (χ0n) is 11.6. The van der Waals surface area contributed by atoms with Crippen molar-refractivity contribution in [3.05, 3.63) is 33.6 Å². The van der Waals surface area contributed by atoms with E-state index in [2.05, 4.69) is 12.2 Å². The summed E-state index contributed by atoms with van der Waals surface area (Å²) in [5.74, 6) is -1.92. The van der Waals surface area contributed by atoms with Crippen molar-refractivity contribution in [3.63, 3.8) is 0 Å². The molecule has 0 saturated heterocycles. The number of carboxylic acid groups (broad SMARTS) is 1. The largest absolute Gasteiger partial charge is 0.478 e. The van der Waals surface area contributed by atoms with Gasteiger partial charge in [0.05, 0.1) is 16.6 Å². The average molecular weight is 296 g/mol. The van der Waals surface area contributed by atoms with Crippen molar-refractivity contribution in [2.75, 3.05) is 5.32 Å². The van der Waals surface area contributed by atoms with E-state index in [-0.39, 0.29) is 11.7 Å². The minimum atomic E-state index is -1.44. The highest BCUT2D eigenvalue weighted by Gasteiger charge is 2.25. The fourth-order valence-corrected chi connectivity index (χ4v) is 2.62. The number of nitro groups is 1. The topological polar surface area (TPSA) is 92.5 Å². The van der Waals surface area contributed by atoms with Gasteiger partial charge in [-0.15, -0.1) is 0 Å². The number of aromatic carboxylic acids is 1. The van der Waals surface area contributed by atoms with E-state index >= 15 is 0 Å². The Morgan fingerprint density at radius 3 is 2.52 bits per heavy atom. The van der Waals surface area contributed by atoms with Crippen LogP contribution in [0.25, 0.3) is 0 Å². The summed E-state index contributed by atoms with van der Waals surface area (Å²) in [5.41, 5.74) is -0.929. The van der Waals surface area contributed by atoms with E-state index < -0.39 is 28.0 Å². The lowest BCUT2D eigenvalue weighted by atomic mass is 9.87. The number of hydrogen-bond donors (Lipinski definition) is 2. The number of nitrogens with zero attached hydrogens (tertiary/aromatic N) is 1. The Morgan fingerprint density at radius 1 is 1.38 bits per heavy atom. The molecule has 1 saturated carbocycles. The molecule has 2 N–H and O–H groups in total. The highest BCUT2D eigenvalue weighted by atomic mass is 19.1. The average Bonchev–Trinajstić information content (AvgIpc) is 2.42. The number of carbonyl (C=O) groups is 1. The van der Waals surface area contributed by atoms with Crippen LogP contribution in [0.2, 0.25) is 0 Å². The van der Waals surface area contributed by atoms with Crippen molar-refractivity contribution < 1.29 is 19.2 Å².